The molecule has 0 radical (unpaired) electrons. The van der Waals surface area contributed by atoms with Gasteiger partial charge < -0.3 is 4.57 Å². The first kappa shape index (κ1) is 10.6. The molecule has 0 saturated heterocycles. The summed E-state index contributed by atoms with van der Waals surface area (Å²) in [6.45, 7) is 5.43. The molecular formula is C10H18N2S. The Bertz CT molecular complexity index is 245. The summed E-state index contributed by atoms with van der Waals surface area (Å²) in [5, 5.41) is 0. The van der Waals surface area contributed by atoms with Crippen molar-refractivity contribution >= 4 is 12.6 Å². The van der Waals surface area contributed by atoms with E-state index in [1.807, 2.05) is 6.20 Å². The van der Waals surface area contributed by atoms with Gasteiger partial charge in [0.25, 0.3) is 0 Å². The van der Waals surface area contributed by atoms with Crippen LogP contribution in [0.4, 0.5) is 0 Å². The normalized spacial score (nSPS) is 13.2. The van der Waals surface area contributed by atoms with Crippen molar-refractivity contribution in [1.29, 1.82) is 0 Å². The fourth-order valence-corrected chi connectivity index (χ4v) is 1.47. The lowest BCUT2D eigenvalue weighted by molar-refractivity contribution is 0.512. The van der Waals surface area contributed by atoms with Crippen LogP contribution in [0.1, 0.15) is 26.1 Å². The molecule has 13 heavy (non-hydrogen) atoms. The van der Waals surface area contributed by atoms with Crippen LogP contribution < -0.4 is 0 Å². The predicted molar refractivity (Wildman–Crippen MR) is 59.2 cm³/mol. The second-order valence-corrected chi connectivity index (χ2v) is 3.90. The van der Waals surface area contributed by atoms with Crippen molar-refractivity contribution in [2.24, 2.45) is 5.92 Å². The molecule has 1 atom stereocenters. The predicted octanol–water partition coefficient (Wildman–Crippen LogP) is 2.40. The lowest BCUT2D eigenvalue weighted by atomic mass is 10.2. The summed E-state index contributed by atoms with van der Waals surface area (Å²) in [5.74, 6) is 2.76. The summed E-state index contributed by atoms with van der Waals surface area (Å²) in [5.41, 5.74) is 0. The van der Waals surface area contributed by atoms with Gasteiger partial charge in [0.05, 0.1) is 0 Å². The maximum Gasteiger partial charge on any atom is 0.108 e. The Labute approximate surface area is 85.8 Å². The van der Waals surface area contributed by atoms with Gasteiger partial charge in [-0.2, -0.15) is 12.6 Å². The van der Waals surface area contributed by atoms with E-state index in [0.29, 0.717) is 5.92 Å². The van der Waals surface area contributed by atoms with E-state index in [-0.39, 0.29) is 0 Å². The summed E-state index contributed by atoms with van der Waals surface area (Å²) in [4.78, 5) is 4.33. The van der Waals surface area contributed by atoms with Crippen molar-refractivity contribution in [2.45, 2.75) is 33.2 Å². The minimum Gasteiger partial charge on any atom is -0.335 e. The van der Waals surface area contributed by atoms with E-state index in [2.05, 4.69) is 42.2 Å². The largest absolute Gasteiger partial charge is 0.335 e. The van der Waals surface area contributed by atoms with E-state index < -0.39 is 0 Å². The fraction of sp³-hybridized carbons (Fsp3) is 0.700. The summed E-state index contributed by atoms with van der Waals surface area (Å²) in [6.07, 6.45) is 6.18. The molecule has 0 amide bonds. The molecule has 1 heterocycles. The molecule has 0 saturated carbocycles. The van der Waals surface area contributed by atoms with Gasteiger partial charge in [-0.05, 0) is 18.1 Å². The Balaban J connectivity index is 2.59. The number of hydrogen-bond acceptors (Lipinski definition) is 2. The topological polar surface area (TPSA) is 17.8 Å². The third-order valence-corrected chi connectivity index (χ3v) is 2.72. The third-order valence-electron chi connectivity index (χ3n) is 2.10. The molecule has 0 bridgehead atoms. The number of rotatable bonds is 5. The number of imidazole rings is 1. The van der Waals surface area contributed by atoms with Crippen LogP contribution in [0.5, 0.6) is 0 Å². The molecular weight excluding hydrogens is 180 g/mol. The van der Waals surface area contributed by atoms with E-state index in [4.69, 9.17) is 0 Å². The number of nitrogens with zero attached hydrogens (tertiary/aromatic N) is 2. The van der Waals surface area contributed by atoms with Crippen LogP contribution in [0.25, 0.3) is 0 Å². The molecule has 0 aliphatic heterocycles. The highest BCUT2D eigenvalue weighted by molar-refractivity contribution is 7.80. The van der Waals surface area contributed by atoms with E-state index in [1.54, 1.807) is 0 Å². The highest BCUT2D eigenvalue weighted by Gasteiger charge is 2.04. The van der Waals surface area contributed by atoms with Gasteiger partial charge in [0.15, 0.2) is 0 Å². The SMILES string of the molecule is CCCc1nccn1CC(C)CS. The average molecular weight is 198 g/mol. The van der Waals surface area contributed by atoms with Crippen LogP contribution in [0.15, 0.2) is 12.4 Å². The zero-order chi connectivity index (χ0) is 9.68. The number of hydrogen-bond donors (Lipinski definition) is 1. The van der Waals surface area contributed by atoms with Gasteiger partial charge in [-0.1, -0.05) is 13.8 Å². The number of aryl methyl sites for hydroxylation is 1. The van der Waals surface area contributed by atoms with Gasteiger partial charge in [-0.25, -0.2) is 4.98 Å². The van der Waals surface area contributed by atoms with Crippen LogP contribution >= 0.6 is 12.6 Å². The van der Waals surface area contributed by atoms with Gasteiger partial charge in [0, 0.05) is 25.4 Å². The Morgan fingerprint density at radius 2 is 2.38 bits per heavy atom. The molecule has 0 spiro atoms. The van der Waals surface area contributed by atoms with Crippen LogP contribution in [0.3, 0.4) is 0 Å². The zero-order valence-electron chi connectivity index (χ0n) is 8.40. The van der Waals surface area contributed by atoms with E-state index in [9.17, 15) is 0 Å². The Kier molecular flexibility index (Phi) is 4.36. The Morgan fingerprint density at radius 1 is 1.62 bits per heavy atom. The Hall–Kier alpha value is -0.440. The summed E-state index contributed by atoms with van der Waals surface area (Å²) >= 11 is 4.28. The quantitative estimate of drug-likeness (QED) is 0.719. The van der Waals surface area contributed by atoms with Gasteiger partial charge in [0.1, 0.15) is 5.82 Å². The minimum atomic E-state index is 0.619. The van der Waals surface area contributed by atoms with Crippen molar-refractivity contribution in [3.05, 3.63) is 18.2 Å². The van der Waals surface area contributed by atoms with Crippen molar-refractivity contribution in [2.75, 3.05) is 5.75 Å². The lowest BCUT2D eigenvalue weighted by Gasteiger charge is -2.11. The second kappa shape index (κ2) is 5.32. The second-order valence-electron chi connectivity index (χ2n) is 3.53. The first-order chi connectivity index (χ1) is 6.27. The van der Waals surface area contributed by atoms with Gasteiger partial charge in [0.2, 0.25) is 0 Å². The van der Waals surface area contributed by atoms with Crippen molar-refractivity contribution in [3.63, 3.8) is 0 Å². The molecule has 0 fully saturated rings. The molecule has 0 aliphatic rings. The van der Waals surface area contributed by atoms with Crippen LogP contribution in [0.2, 0.25) is 0 Å². The van der Waals surface area contributed by atoms with Crippen LogP contribution in [-0.2, 0) is 13.0 Å². The number of thiol groups is 1. The highest BCUT2D eigenvalue weighted by Crippen LogP contribution is 2.07. The molecule has 1 unspecified atom stereocenters. The summed E-state index contributed by atoms with van der Waals surface area (Å²) < 4.78 is 2.24. The smallest absolute Gasteiger partial charge is 0.108 e. The van der Waals surface area contributed by atoms with E-state index in [0.717, 1.165) is 25.1 Å². The molecule has 1 aromatic rings. The molecule has 1 rings (SSSR count). The minimum absolute atomic E-state index is 0.619. The zero-order valence-corrected chi connectivity index (χ0v) is 9.30. The lowest BCUT2D eigenvalue weighted by Crippen LogP contribution is -2.11. The molecule has 2 nitrogen and oxygen atoms in total. The number of aromatic nitrogens is 2. The average Bonchev–Trinajstić information content (AvgIpc) is 2.54. The third kappa shape index (κ3) is 3.07. The van der Waals surface area contributed by atoms with Gasteiger partial charge >= 0.3 is 0 Å². The first-order valence-electron chi connectivity index (χ1n) is 4.88. The monoisotopic (exact) mass is 198 g/mol. The van der Waals surface area contributed by atoms with E-state index in [1.165, 1.54) is 5.82 Å². The molecule has 3 heteroatoms. The van der Waals surface area contributed by atoms with Crippen molar-refractivity contribution in [3.8, 4) is 0 Å². The fourth-order valence-electron chi connectivity index (χ4n) is 1.35. The maximum absolute atomic E-state index is 4.33. The van der Waals surface area contributed by atoms with Crippen LogP contribution in [-0.4, -0.2) is 15.3 Å². The molecule has 0 N–H and O–H groups in total. The molecule has 0 aromatic carbocycles. The van der Waals surface area contributed by atoms with Gasteiger partial charge in [-0.3, -0.25) is 0 Å². The molecule has 0 aliphatic carbocycles. The van der Waals surface area contributed by atoms with Crippen LogP contribution in [0, 0.1) is 5.92 Å². The standard InChI is InChI=1S/C10H18N2S/c1-3-4-10-11-5-6-12(10)7-9(2)8-13/h5-6,9,13H,3-4,7-8H2,1-2H3. The maximum atomic E-state index is 4.33. The first-order valence-corrected chi connectivity index (χ1v) is 5.52. The molecule has 74 valence electrons. The van der Waals surface area contributed by atoms with Crippen molar-refractivity contribution in [1.82, 2.24) is 9.55 Å². The summed E-state index contributed by atoms with van der Waals surface area (Å²) in [7, 11) is 0. The highest BCUT2D eigenvalue weighted by atomic mass is 32.1. The summed E-state index contributed by atoms with van der Waals surface area (Å²) in [6, 6.07) is 0. The van der Waals surface area contributed by atoms with Crippen molar-refractivity contribution < 1.29 is 0 Å². The molecule has 1 aromatic heterocycles. The van der Waals surface area contributed by atoms with E-state index >= 15 is 0 Å². The van der Waals surface area contributed by atoms with Gasteiger partial charge in [-0.15, -0.1) is 0 Å². The Morgan fingerprint density at radius 3 is 3.00 bits per heavy atom.